The molecule has 0 aromatic heterocycles. The highest BCUT2D eigenvalue weighted by Crippen LogP contribution is 2.22. The van der Waals surface area contributed by atoms with Gasteiger partial charge in [-0.2, -0.15) is 5.26 Å². The largest absolute Gasteiger partial charge is 0.382 e. The average Bonchev–Trinajstić information content (AvgIpc) is 2.36. The van der Waals surface area contributed by atoms with Crippen LogP contribution in [-0.4, -0.2) is 12.1 Å². The molecule has 0 fully saturated rings. The maximum atomic E-state index is 9.02. The number of nitrogens with one attached hydrogen (secondary N) is 1. The van der Waals surface area contributed by atoms with E-state index in [2.05, 4.69) is 41.2 Å². The summed E-state index contributed by atoms with van der Waals surface area (Å²) in [5.74, 6) is 0. The minimum atomic E-state index is -0.213. The van der Waals surface area contributed by atoms with Crippen molar-refractivity contribution in [3.8, 4) is 6.07 Å². The second kappa shape index (κ2) is 6.04. The van der Waals surface area contributed by atoms with Crippen LogP contribution in [-0.2, 0) is 0 Å². The zero-order valence-electron chi connectivity index (χ0n) is 10.3. The van der Waals surface area contributed by atoms with E-state index in [1.54, 1.807) is 6.07 Å². The maximum Gasteiger partial charge on any atom is 0.101 e. The van der Waals surface area contributed by atoms with Crippen LogP contribution in [0, 0.1) is 11.3 Å². The maximum absolute atomic E-state index is 9.02. The number of nitriles is 1. The molecule has 0 heterocycles. The zero-order chi connectivity index (χ0) is 12.9. The van der Waals surface area contributed by atoms with Crippen LogP contribution in [0.5, 0.6) is 0 Å². The molecule has 17 heavy (non-hydrogen) atoms. The van der Waals surface area contributed by atoms with Crippen molar-refractivity contribution in [3.05, 3.63) is 28.2 Å². The molecule has 0 radical (unpaired) electrons. The molecule has 1 aromatic carbocycles. The Kier molecular flexibility index (Phi) is 4.98. The van der Waals surface area contributed by atoms with Gasteiger partial charge >= 0.3 is 0 Å². The number of anilines is 1. The number of halogens is 1. The van der Waals surface area contributed by atoms with Crippen molar-refractivity contribution in [1.29, 1.82) is 5.26 Å². The molecule has 0 aliphatic heterocycles. The van der Waals surface area contributed by atoms with Crippen molar-refractivity contribution in [3.63, 3.8) is 0 Å². The molecule has 0 aliphatic rings. The van der Waals surface area contributed by atoms with Gasteiger partial charge in [0.05, 0.1) is 11.3 Å². The van der Waals surface area contributed by atoms with Crippen LogP contribution in [0.25, 0.3) is 0 Å². The fourth-order valence-electron chi connectivity index (χ4n) is 1.53. The van der Waals surface area contributed by atoms with E-state index in [0.29, 0.717) is 12.1 Å². The third-order valence-electron chi connectivity index (χ3n) is 3.14. The highest BCUT2D eigenvalue weighted by atomic mass is 79.9. The lowest BCUT2D eigenvalue weighted by Gasteiger charge is -2.27. The Hall–Kier alpha value is -1.05. The lowest BCUT2D eigenvalue weighted by Crippen LogP contribution is -2.45. The van der Waals surface area contributed by atoms with Gasteiger partial charge in [0.2, 0.25) is 0 Å². The van der Waals surface area contributed by atoms with E-state index in [-0.39, 0.29) is 5.54 Å². The molecular weight excluding hydrogens is 278 g/mol. The molecule has 0 saturated carbocycles. The Morgan fingerprint density at radius 1 is 1.41 bits per heavy atom. The molecule has 92 valence electrons. The van der Waals surface area contributed by atoms with E-state index in [0.717, 1.165) is 23.0 Å². The molecule has 0 unspecified atom stereocenters. The normalized spacial score (nSPS) is 11.0. The van der Waals surface area contributed by atoms with Crippen molar-refractivity contribution >= 4 is 21.6 Å². The van der Waals surface area contributed by atoms with Crippen molar-refractivity contribution in [2.75, 3.05) is 11.9 Å². The minimum absolute atomic E-state index is 0.213. The summed E-state index contributed by atoms with van der Waals surface area (Å²) in [6, 6.07) is 7.73. The van der Waals surface area contributed by atoms with Gasteiger partial charge < -0.3 is 11.1 Å². The average molecular weight is 296 g/mol. The summed E-state index contributed by atoms with van der Waals surface area (Å²) in [4.78, 5) is 0. The molecule has 0 spiro atoms. The van der Waals surface area contributed by atoms with Gasteiger partial charge in [0.25, 0.3) is 0 Å². The molecule has 0 amide bonds. The molecule has 3 nitrogen and oxygen atoms in total. The van der Waals surface area contributed by atoms with Gasteiger partial charge in [-0.15, -0.1) is 0 Å². The Morgan fingerprint density at radius 3 is 2.59 bits per heavy atom. The van der Waals surface area contributed by atoms with Crippen molar-refractivity contribution < 1.29 is 0 Å². The first kappa shape index (κ1) is 14.0. The lowest BCUT2D eigenvalue weighted by atomic mass is 9.94. The van der Waals surface area contributed by atoms with E-state index < -0.39 is 0 Å². The number of rotatable bonds is 5. The fraction of sp³-hybridized carbons (Fsp3) is 0.462. The second-order valence-corrected chi connectivity index (χ2v) is 5.14. The molecule has 0 saturated heterocycles. The molecule has 0 atom stereocenters. The Morgan fingerprint density at radius 2 is 2.06 bits per heavy atom. The van der Waals surface area contributed by atoms with E-state index in [1.165, 1.54) is 0 Å². The van der Waals surface area contributed by atoms with Gasteiger partial charge in [0, 0.05) is 16.6 Å². The topological polar surface area (TPSA) is 61.8 Å². The molecular formula is C13H18BrN3. The summed E-state index contributed by atoms with van der Waals surface area (Å²) < 4.78 is 0.953. The predicted molar refractivity (Wildman–Crippen MR) is 74.8 cm³/mol. The number of nitrogens with two attached hydrogens (primary N) is 1. The number of hydrogen-bond acceptors (Lipinski definition) is 3. The van der Waals surface area contributed by atoms with Crippen molar-refractivity contribution in [1.82, 2.24) is 0 Å². The van der Waals surface area contributed by atoms with Crippen molar-refractivity contribution in [2.45, 2.75) is 32.2 Å². The summed E-state index contributed by atoms with van der Waals surface area (Å²) in [6.07, 6.45) is 1.82. The first-order valence-electron chi connectivity index (χ1n) is 5.77. The highest BCUT2D eigenvalue weighted by molar-refractivity contribution is 9.10. The highest BCUT2D eigenvalue weighted by Gasteiger charge is 2.20. The van der Waals surface area contributed by atoms with Crippen LogP contribution in [0.15, 0.2) is 22.7 Å². The SMILES string of the molecule is CCC(N)(CC)CNc1cc(Br)ccc1C#N. The predicted octanol–water partition coefficient (Wildman–Crippen LogP) is 3.25. The molecule has 0 bridgehead atoms. The third-order valence-corrected chi connectivity index (χ3v) is 3.63. The zero-order valence-corrected chi connectivity index (χ0v) is 11.8. The van der Waals surface area contributed by atoms with Crippen LogP contribution < -0.4 is 11.1 Å². The molecule has 0 aliphatic carbocycles. The third kappa shape index (κ3) is 3.72. The van der Waals surface area contributed by atoms with Crippen LogP contribution >= 0.6 is 15.9 Å². The van der Waals surface area contributed by atoms with Gasteiger partial charge in [-0.3, -0.25) is 0 Å². The molecule has 1 aromatic rings. The smallest absolute Gasteiger partial charge is 0.101 e. The number of benzene rings is 1. The minimum Gasteiger partial charge on any atom is -0.382 e. The Labute approximate surface area is 111 Å². The quantitative estimate of drug-likeness (QED) is 0.876. The first-order chi connectivity index (χ1) is 8.04. The van der Waals surface area contributed by atoms with Gasteiger partial charge in [0.15, 0.2) is 0 Å². The molecule has 3 N–H and O–H groups in total. The fourth-order valence-corrected chi connectivity index (χ4v) is 1.89. The van der Waals surface area contributed by atoms with Crippen LogP contribution in [0.1, 0.15) is 32.3 Å². The van der Waals surface area contributed by atoms with Gasteiger partial charge in [-0.1, -0.05) is 29.8 Å². The Balaban J connectivity index is 2.82. The van der Waals surface area contributed by atoms with Gasteiger partial charge in [-0.05, 0) is 31.0 Å². The lowest BCUT2D eigenvalue weighted by molar-refractivity contribution is 0.418. The standard InChI is InChI=1S/C13H18BrN3/c1-3-13(16,4-2)9-17-12-7-11(14)6-5-10(12)8-15/h5-7,17H,3-4,9,16H2,1-2H3. The van der Waals surface area contributed by atoms with Gasteiger partial charge in [-0.25, -0.2) is 0 Å². The number of hydrogen-bond donors (Lipinski definition) is 2. The summed E-state index contributed by atoms with van der Waals surface area (Å²) in [5, 5.41) is 12.3. The molecule has 1 rings (SSSR count). The van der Waals surface area contributed by atoms with E-state index in [9.17, 15) is 0 Å². The summed E-state index contributed by atoms with van der Waals surface area (Å²) in [6.45, 7) is 4.83. The number of nitrogens with zero attached hydrogens (tertiary/aromatic N) is 1. The van der Waals surface area contributed by atoms with Crippen LogP contribution in [0.4, 0.5) is 5.69 Å². The Bertz CT molecular complexity index is 419. The van der Waals surface area contributed by atoms with Crippen LogP contribution in [0.3, 0.4) is 0 Å². The summed E-state index contributed by atoms with van der Waals surface area (Å²) in [5.41, 5.74) is 7.48. The molecule has 4 heteroatoms. The van der Waals surface area contributed by atoms with Gasteiger partial charge in [0.1, 0.15) is 6.07 Å². The second-order valence-electron chi connectivity index (χ2n) is 4.22. The van der Waals surface area contributed by atoms with E-state index in [1.807, 2.05) is 12.1 Å². The first-order valence-corrected chi connectivity index (χ1v) is 6.56. The summed E-state index contributed by atoms with van der Waals surface area (Å²) >= 11 is 3.40. The summed E-state index contributed by atoms with van der Waals surface area (Å²) in [7, 11) is 0. The van der Waals surface area contributed by atoms with Crippen LogP contribution in [0.2, 0.25) is 0 Å². The monoisotopic (exact) mass is 295 g/mol. The van der Waals surface area contributed by atoms with Crippen molar-refractivity contribution in [2.24, 2.45) is 5.73 Å². The van der Waals surface area contributed by atoms with E-state index in [4.69, 9.17) is 11.0 Å². The van der Waals surface area contributed by atoms with E-state index >= 15 is 0 Å².